The Bertz CT molecular complexity index is 441. The van der Waals surface area contributed by atoms with E-state index < -0.39 is 0 Å². The van der Waals surface area contributed by atoms with Gasteiger partial charge in [0.05, 0.1) is 5.71 Å². The molecule has 16 heavy (non-hydrogen) atoms. The molecule has 0 saturated heterocycles. The van der Waals surface area contributed by atoms with Crippen LogP contribution < -0.4 is 0 Å². The van der Waals surface area contributed by atoms with E-state index in [0.29, 0.717) is 5.92 Å². The fourth-order valence-corrected chi connectivity index (χ4v) is 2.30. The van der Waals surface area contributed by atoms with E-state index in [1.165, 1.54) is 11.1 Å². The molecule has 2 rings (SSSR count). The Balaban J connectivity index is 2.52. The van der Waals surface area contributed by atoms with Gasteiger partial charge in [0.2, 0.25) is 0 Å². The van der Waals surface area contributed by atoms with E-state index in [1.54, 1.807) is 0 Å². The third kappa shape index (κ3) is 1.73. The second-order valence-corrected chi connectivity index (χ2v) is 5.71. The molecule has 2 nitrogen and oxygen atoms in total. The Morgan fingerprint density at radius 1 is 1.31 bits per heavy atom. The van der Waals surface area contributed by atoms with Crippen LogP contribution in [0, 0.1) is 5.92 Å². The highest BCUT2D eigenvalue weighted by atomic mass is 16.4. The maximum atomic E-state index is 9.06. The van der Waals surface area contributed by atoms with Crippen molar-refractivity contribution in [2.75, 3.05) is 0 Å². The van der Waals surface area contributed by atoms with Crippen LogP contribution in [0.25, 0.3) is 0 Å². The largest absolute Gasteiger partial charge is 0.411 e. The van der Waals surface area contributed by atoms with Gasteiger partial charge >= 0.3 is 0 Å². The summed E-state index contributed by atoms with van der Waals surface area (Å²) in [5.41, 5.74) is 4.69. The lowest BCUT2D eigenvalue weighted by Gasteiger charge is -2.19. The zero-order valence-corrected chi connectivity index (χ0v) is 10.4. The van der Waals surface area contributed by atoms with E-state index in [0.717, 1.165) is 17.7 Å². The van der Waals surface area contributed by atoms with Crippen molar-refractivity contribution in [1.82, 2.24) is 0 Å². The van der Waals surface area contributed by atoms with Gasteiger partial charge in [0, 0.05) is 11.5 Å². The SMILES string of the molecule is CC1Cc2ccc(C(C)(C)C)cc2/C1=N/O. The van der Waals surface area contributed by atoms with Crippen LogP contribution in [0.1, 0.15) is 44.4 Å². The van der Waals surface area contributed by atoms with Gasteiger partial charge in [0.25, 0.3) is 0 Å². The average Bonchev–Trinajstić information content (AvgIpc) is 2.50. The Hall–Kier alpha value is -1.31. The predicted octanol–water partition coefficient (Wildman–Crippen LogP) is 3.35. The van der Waals surface area contributed by atoms with Gasteiger partial charge in [-0.15, -0.1) is 0 Å². The van der Waals surface area contributed by atoms with Crippen LogP contribution in [0.3, 0.4) is 0 Å². The molecule has 0 spiro atoms. The average molecular weight is 217 g/mol. The number of fused-ring (bicyclic) bond motifs is 1. The van der Waals surface area contributed by atoms with Crippen molar-refractivity contribution in [2.45, 2.75) is 39.5 Å². The van der Waals surface area contributed by atoms with Gasteiger partial charge in [-0.05, 0) is 29.0 Å². The molecule has 1 aromatic carbocycles. The third-order valence-corrected chi connectivity index (χ3v) is 3.35. The zero-order chi connectivity index (χ0) is 11.9. The van der Waals surface area contributed by atoms with Crippen molar-refractivity contribution < 1.29 is 5.21 Å². The Morgan fingerprint density at radius 2 is 2.00 bits per heavy atom. The summed E-state index contributed by atoms with van der Waals surface area (Å²) in [7, 11) is 0. The minimum absolute atomic E-state index is 0.140. The zero-order valence-electron chi connectivity index (χ0n) is 10.4. The molecule has 0 saturated carbocycles. The number of hydrogen-bond acceptors (Lipinski definition) is 2. The quantitative estimate of drug-likeness (QED) is 0.524. The highest BCUT2D eigenvalue weighted by molar-refractivity contribution is 6.05. The van der Waals surface area contributed by atoms with Crippen LogP contribution >= 0.6 is 0 Å². The fourth-order valence-electron chi connectivity index (χ4n) is 2.30. The van der Waals surface area contributed by atoms with Crippen molar-refractivity contribution in [3.8, 4) is 0 Å². The number of hydrogen-bond donors (Lipinski definition) is 1. The molecule has 1 unspecified atom stereocenters. The normalized spacial score (nSPS) is 22.5. The predicted molar refractivity (Wildman–Crippen MR) is 66.3 cm³/mol. The first-order valence-electron chi connectivity index (χ1n) is 5.79. The van der Waals surface area contributed by atoms with E-state index >= 15 is 0 Å². The van der Waals surface area contributed by atoms with Gasteiger partial charge in [0.15, 0.2) is 0 Å². The van der Waals surface area contributed by atoms with Crippen LogP contribution in [0.2, 0.25) is 0 Å². The Kier molecular flexibility index (Phi) is 2.53. The molecule has 0 aromatic heterocycles. The molecule has 1 N–H and O–H groups in total. The van der Waals surface area contributed by atoms with E-state index in [9.17, 15) is 0 Å². The minimum atomic E-state index is 0.140. The van der Waals surface area contributed by atoms with Crippen LogP contribution in [0.4, 0.5) is 0 Å². The first-order valence-corrected chi connectivity index (χ1v) is 5.79. The van der Waals surface area contributed by atoms with E-state index in [2.05, 4.69) is 51.0 Å². The smallest absolute Gasteiger partial charge is 0.0902 e. The Labute approximate surface area is 97.0 Å². The summed E-state index contributed by atoms with van der Waals surface area (Å²) in [6, 6.07) is 6.53. The number of nitrogens with zero attached hydrogens (tertiary/aromatic N) is 1. The monoisotopic (exact) mass is 217 g/mol. The summed E-state index contributed by atoms with van der Waals surface area (Å²) in [4.78, 5) is 0. The van der Waals surface area contributed by atoms with Gasteiger partial charge in [-0.1, -0.05) is 45.0 Å². The van der Waals surface area contributed by atoms with E-state index in [1.807, 2.05) is 0 Å². The molecule has 0 aliphatic heterocycles. The van der Waals surface area contributed by atoms with Crippen molar-refractivity contribution in [3.05, 3.63) is 34.9 Å². The molecule has 1 atom stereocenters. The van der Waals surface area contributed by atoms with Crippen molar-refractivity contribution >= 4 is 5.71 Å². The first kappa shape index (κ1) is 11.2. The maximum Gasteiger partial charge on any atom is 0.0902 e. The molecular weight excluding hydrogens is 198 g/mol. The highest BCUT2D eigenvalue weighted by Gasteiger charge is 2.27. The first-order chi connectivity index (χ1) is 7.43. The second kappa shape index (κ2) is 3.62. The molecule has 0 radical (unpaired) electrons. The van der Waals surface area contributed by atoms with Crippen LogP contribution in [0.5, 0.6) is 0 Å². The molecule has 1 aliphatic carbocycles. The van der Waals surface area contributed by atoms with E-state index in [-0.39, 0.29) is 5.41 Å². The summed E-state index contributed by atoms with van der Waals surface area (Å²) < 4.78 is 0. The Morgan fingerprint density at radius 3 is 2.56 bits per heavy atom. The van der Waals surface area contributed by atoms with E-state index in [4.69, 9.17) is 5.21 Å². The van der Waals surface area contributed by atoms with Gasteiger partial charge in [0.1, 0.15) is 0 Å². The van der Waals surface area contributed by atoms with Crippen LogP contribution in [0.15, 0.2) is 23.4 Å². The maximum absolute atomic E-state index is 9.06. The summed E-state index contributed by atoms with van der Waals surface area (Å²) in [5.74, 6) is 0.329. The minimum Gasteiger partial charge on any atom is -0.411 e. The van der Waals surface area contributed by atoms with Crippen molar-refractivity contribution in [3.63, 3.8) is 0 Å². The molecule has 0 amide bonds. The number of oxime groups is 1. The van der Waals surface area contributed by atoms with Crippen LogP contribution in [-0.4, -0.2) is 10.9 Å². The molecule has 86 valence electrons. The molecule has 0 bridgehead atoms. The standard InChI is InChI=1S/C14H19NO/c1-9-7-10-5-6-11(14(2,3)4)8-12(10)13(9)15-16/h5-6,8-9,16H,7H2,1-4H3/b15-13+. The lowest BCUT2D eigenvalue weighted by molar-refractivity contribution is 0.316. The molecule has 0 heterocycles. The van der Waals surface area contributed by atoms with Crippen molar-refractivity contribution in [1.29, 1.82) is 0 Å². The number of rotatable bonds is 0. The van der Waals surface area contributed by atoms with Gasteiger partial charge in [-0.3, -0.25) is 0 Å². The molecule has 1 aromatic rings. The van der Waals surface area contributed by atoms with Gasteiger partial charge in [-0.25, -0.2) is 0 Å². The molecule has 1 aliphatic rings. The second-order valence-electron chi connectivity index (χ2n) is 5.71. The molecule has 2 heteroatoms. The van der Waals surface area contributed by atoms with Crippen molar-refractivity contribution in [2.24, 2.45) is 11.1 Å². The molecule has 0 fully saturated rings. The summed E-state index contributed by atoms with van der Waals surface area (Å²) in [6.07, 6.45) is 0.985. The number of benzene rings is 1. The van der Waals surface area contributed by atoms with Crippen LogP contribution in [-0.2, 0) is 11.8 Å². The summed E-state index contributed by atoms with van der Waals surface area (Å²) >= 11 is 0. The molecular formula is C14H19NO. The van der Waals surface area contributed by atoms with Gasteiger partial charge < -0.3 is 5.21 Å². The lowest BCUT2D eigenvalue weighted by Crippen LogP contribution is -2.12. The topological polar surface area (TPSA) is 32.6 Å². The third-order valence-electron chi connectivity index (χ3n) is 3.35. The summed E-state index contributed by atoms with van der Waals surface area (Å²) in [5, 5.41) is 12.5. The highest BCUT2D eigenvalue weighted by Crippen LogP contribution is 2.31. The fraction of sp³-hybridized carbons (Fsp3) is 0.500. The van der Waals surface area contributed by atoms with Gasteiger partial charge in [-0.2, -0.15) is 0 Å². The summed E-state index contributed by atoms with van der Waals surface area (Å²) in [6.45, 7) is 8.69. The lowest BCUT2D eigenvalue weighted by atomic mass is 9.85.